The van der Waals surface area contributed by atoms with Crippen LogP contribution in [0.15, 0.2) is 24.3 Å². The monoisotopic (exact) mass is 538 g/mol. The zero-order chi connectivity index (χ0) is 28.2. The molecule has 1 spiro atoms. The standard InChI is InChI=1S/C34H51O3P/c1-21(2)25-17-26(22(3)4)30(27(18-25)23(5)6)29-24(7)13-14-28(35-12)31(29)38-32(8,9)19-34(20-33(38,10)11)36-15-16-37-34/h13-14,17-18,21-23H,15-16,19-20H2,1-12H3. The average molecular weight is 539 g/mol. The minimum Gasteiger partial charge on any atom is -0.496 e. The molecule has 2 aromatic carbocycles. The van der Waals surface area contributed by atoms with Gasteiger partial charge in [0.2, 0.25) is 0 Å². The van der Waals surface area contributed by atoms with Crippen LogP contribution in [0.5, 0.6) is 5.75 Å². The Morgan fingerprint density at radius 1 is 0.763 bits per heavy atom. The Morgan fingerprint density at radius 2 is 1.26 bits per heavy atom. The lowest BCUT2D eigenvalue weighted by molar-refractivity contribution is -0.178. The Morgan fingerprint density at radius 3 is 1.68 bits per heavy atom. The van der Waals surface area contributed by atoms with Gasteiger partial charge in [0.25, 0.3) is 0 Å². The van der Waals surface area contributed by atoms with Gasteiger partial charge >= 0.3 is 0 Å². The molecule has 0 aliphatic carbocycles. The Balaban J connectivity index is 2.08. The van der Waals surface area contributed by atoms with Crippen LogP contribution in [0.4, 0.5) is 0 Å². The van der Waals surface area contributed by atoms with Crippen LogP contribution in [0.2, 0.25) is 0 Å². The smallest absolute Gasteiger partial charge is 0.170 e. The molecule has 4 heteroatoms. The third-order valence-electron chi connectivity index (χ3n) is 8.60. The summed E-state index contributed by atoms with van der Waals surface area (Å²) in [6.45, 7) is 27.4. The van der Waals surface area contributed by atoms with E-state index in [-0.39, 0.29) is 10.3 Å². The van der Waals surface area contributed by atoms with Crippen molar-refractivity contribution in [2.75, 3.05) is 20.3 Å². The van der Waals surface area contributed by atoms with Gasteiger partial charge in [-0.2, -0.15) is 0 Å². The fraction of sp³-hybridized carbons (Fsp3) is 0.647. The van der Waals surface area contributed by atoms with Crippen LogP contribution in [-0.2, 0) is 9.47 Å². The topological polar surface area (TPSA) is 27.7 Å². The van der Waals surface area contributed by atoms with E-state index in [9.17, 15) is 0 Å². The van der Waals surface area contributed by atoms with E-state index >= 15 is 0 Å². The van der Waals surface area contributed by atoms with Gasteiger partial charge in [-0.1, -0.05) is 95.4 Å². The molecule has 2 saturated heterocycles. The van der Waals surface area contributed by atoms with Crippen LogP contribution < -0.4 is 10.0 Å². The van der Waals surface area contributed by atoms with E-state index in [1.54, 1.807) is 0 Å². The third-order valence-corrected chi connectivity index (χ3v) is 12.2. The summed E-state index contributed by atoms with van der Waals surface area (Å²) in [5.74, 6) is 1.90. The highest BCUT2D eigenvalue weighted by atomic mass is 31.1. The van der Waals surface area contributed by atoms with Crippen molar-refractivity contribution in [1.29, 1.82) is 0 Å². The lowest BCUT2D eigenvalue weighted by Gasteiger charge is -2.56. The molecule has 0 N–H and O–H groups in total. The summed E-state index contributed by atoms with van der Waals surface area (Å²) in [6, 6.07) is 9.45. The van der Waals surface area contributed by atoms with Gasteiger partial charge in [-0.3, -0.25) is 0 Å². The van der Waals surface area contributed by atoms with Gasteiger partial charge in [-0.15, -0.1) is 0 Å². The predicted octanol–water partition coefficient (Wildman–Crippen LogP) is 9.24. The van der Waals surface area contributed by atoms with E-state index in [1.807, 2.05) is 7.11 Å². The highest BCUT2D eigenvalue weighted by molar-refractivity contribution is 7.69. The van der Waals surface area contributed by atoms with Crippen molar-refractivity contribution < 1.29 is 14.2 Å². The zero-order valence-corrected chi connectivity index (χ0v) is 26.9. The molecule has 0 atom stereocenters. The first-order chi connectivity index (χ1) is 17.6. The predicted molar refractivity (Wildman–Crippen MR) is 164 cm³/mol. The maximum atomic E-state index is 6.33. The summed E-state index contributed by atoms with van der Waals surface area (Å²) in [5, 5.41) is 1.43. The highest BCUT2D eigenvalue weighted by Gasteiger charge is 2.57. The van der Waals surface area contributed by atoms with Crippen molar-refractivity contribution in [3.8, 4) is 16.9 Å². The van der Waals surface area contributed by atoms with Crippen LogP contribution in [-0.4, -0.2) is 36.4 Å². The lowest BCUT2D eigenvalue weighted by Crippen LogP contribution is -2.52. The molecule has 2 aliphatic heterocycles. The molecule has 0 unspecified atom stereocenters. The molecular weight excluding hydrogens is 487 g/mol. The van der Waals surface area contributed by atoms with E-state index < -0.39 is 13.7 Å². The lowest BCUT2D eigenvalue weighted by atomic mass is 9.80. The second-order valence-electron chi connectivity index (χ2n) is 13.8. The van der Waals surface area contributed by atoms with Crippen LogP contribution in [0.1, 0.15) is 122 Å². The first-order valence-corrected chi connectivity index (χ1v) is 15.9. The molecule has 0 aromatic heterocycles. The summed E-state index contributed by atoms with van der Waals surface area (Å²) >= 11 is 0. The average Bonchev–Trinajstić information content (AvgIpc) is 3.23. The van der Waals surface area contributed by atoms with Gasteiger partial charge in [0.15, 0.2) is 5.79 Å². The van der Waals surface area contributed by atoms with Crippen molar-refractivity contribution in [3.05, 3.63) is 46.5 Å². The van der Waals surface area contributed by atoms with Crippen LogP contribution in [0.3, 0.4) is 0 Å². The molecule has 2 heterocycles. The molecule has 2 aromatic rings. The first-order valence-electron chi connectivity index (χ1n) is 14.6. The molecule has 0 amide bonds. The fourth-order valence-electron chi connectivity index (χ4n) is 7.28. The van der Waals surface area contributed by atoms with E-state index in [4.69, 9.17) is 14.2 Å². The summed E-state index contributed by atoms with van der Waals surface area (Å²) in [5.41, 5.74) is 8.53. The van der Waals surface area contributed by atoms with Crippen molar-refractivity contribution >= 4 is 13.2 Å². The normalized spacial score (nSPS) is 20.7. The minimum atomic E-state index is -0.651. The second kappa shape index (κ2) is 10.5. The molecule has 2 aliphatic rings. The summed E-state index contributed by atoms with van der Waals surface area (Å²) < 4.78 is 18.9. The van der Waals surface area contributed by atoms with E-state index in [2.05, 4.69) is 100 Å². The van der Waals surface area contributed by atoms with E-state index in [0.29, 0.717) is 31.0 Å². The van der Waals surface area contributed by atoms with Crippen molar-refractivity contribution in [3.63, 3.8) is 0 Å². The molecule has 4 rings (SSSR count). The van der Waals surface area contributed by atoms with Crippen molar-refractivity contribution in [2.45, 2.75) is 123 Å². The molecule has 0 radical (unpaired) electrons. The van der Waals surface area contributed by atoms with Gasteiger partial charge in [0, 0.05) is 18.1 Å². The fourth-order valence-corrected chi connectivity index (χ4v) is 11.8. The number of methoxy groups -OCH3 is 1. The number of aryl methyl sites for hydroxylation is 1. The number of hydrogen-bond donors (Lipinski definition) is 0. The maximum absolute atomic E-state index is 6.33. The molecule has 3 nitrogen and oxygen atoms in total. The second-order valence-corrected chi connectivity index (χ2v) is 17.3. The van der Waals surface area contributed by atoms with Gasteiger partial charge in [0.1, 0.15) is 5.75 Å². The number of rotatable bonds is 6. The molecule has 2 fully saturated rings. The van der Waals surface area contributed by atoms with Crippen molar-refractivity contribution in [1.82, 2.24) is 0 Å². The first kappa shape index (κ1) is 29.6. The number of hydrogen-bond acceptors (Lipinski definition) is 3. The Hall–Kier alpha value is -1.41. The summed E-state index contributed by atoms with van der Waals surface area (Å²) in [7, 11) is 1.19. The quantitative estimate of drug-likeness (QED) is 0.343. The van der Waals surface area contributed by atoms with Crippen molar-refractivity contribution in [2.24, 2.45) is 0 Å². The van der Waals surface area contributed by atoms with Gasteiger partial charge in [0.05, 0.1) is 20.3 Å². The Labute approximate surface area is 233 Å². The minimum absolute atomic E-state index is 0.00507. The zero-order valence-electron chi connectivity index (χ0n) is 26.0. The van der Waals surface area contributed by atoms with Gasteiger partial charge < -0.3 is 14.2 Å². The molecule has 38 heavy (non-hydrogen) atoms. The van der Waals surface area contributed by atoms with Crippen LogP contribution >= 0.6 is 7.92 Å². The highest BCUT2D eigenvalue weighted by Crippen LogP contribution is 2.70. The Bertz CT molecular complexity index is 1120. The molecule has 0 saturated carbocycles. The molecule has 210 valence electrons. The van der Waals surface area contributed by atoms with Gasteiger partial charge in [-0.25, -0.2) is 0 Å². The summed E-state index contributed by atoms with van der Waals surface area (Å²) in [6.07, 6.45) is 1.82. The SMILES string of the molecule is COc1ccc(C)c(-c2c(C(C)C)cc(C(C)C)cc2C(C)C)c1P1C(C)(C)CC2(CC1(C)C)OCCO2. The maximum Gasteiger partial charge on any atom is 0.170 e. The number of benzene rings is 2. The number of ether oxygens (including phenoxy) is 3. The van der Waals surface area contributed by atoms with Crippen LogP contribution in [0, 0.1) is 6.92 Å². The van der Waals surface area contributed by atoms with Crippen LogP contribution in [0.25, 0.3) is 11.1 Å². The van der Waals surface area contributed by atoms with E-state index in [0.717, 1.165) is 18.6 Å². The largest absolute Gasteiger partial charge is 0.496 e. The summed E-state index contributed by atoms with van der Waals surface area (Å²) in [4.78, 5) is 0. The van der Waals surface area contributed by atoms with E-state index in [1.165, 1.54) is 38.7 Å². The van der Waals surface area contributed by atoms with Gasteiger partial charge in [-0.05, 0) is 74.4 Å². The Kier molecular flexibility index (Phi) is 8.19. The third kappa shape index (κ3) is 5.21. The molecular formula is C34H51O3P. The molecule has 0 bridgehead atoms.